The van der Waals surface area contributed by atoms with Crippen molar-refractivity contribution in [2.75, 3.05) is 0 Å². The summed E-state index contributed by atoms with van der Waals surface area (Å²) in [6.45, 7) is 3.73. The van der Waals surface area contributed by atoms with E-state index < -0.39 is 0 Å². The Morgan fingerprint density at radius 1 is 0.909 bits per heavy atom. The molecule has 0 bridgehead atoms. The number of hydrogen-bond acceptors (Lipinski definition) is 1. The summed E-state index contributed by atoms with van der Waals surface area (Å²) in [6.07, 6.45) is 0.745. The molecular formula is C4H10OW6. The Labute approximate surface area is 155 Å². The van der Waals surface area contributed by atoms with Gasteiger partial charge in [-0.25, -0.2) is 0 Å². The van der Waals surface area contributed by atoms with Gasteiger partial charge in [0.05, 0.1) is 6.10 Å². The predicted molar refractivity (Wildman–Crippen MR) is 22.0 cm³/mol. The zero-order chi connectivity index (χ0) is 4.28. The molecule has 1 N–H and O–H groups in total. The van der Waals surface area contributed by atoms with Gasteiger partial charge in [0, 0.05) is 126 Å². The average Bonchev–Trinajstić information content (AvgIpc) is 1.38. The molecule has 0 aromatic rings. The van der Waals surface area contributed by atoms with Crippen molar-refractivity contribution in [3.8, 4) is 0 Å². The first-order valence-electron chi connectivity index (χ1n) is 1.95. The molecule has 68 valence electrons. The number of aliphatic hydroxyl groups is 1. The van der Waals surface area contributed by atoms with E-state index in [-0.39, 0.29) is 132 Å². The minimum Gasteiger partial charge on any atom is -0.393 e. The summed E-state index contributed by atoms with van der Waals surface area (Å²) in [5.74, 6) is 0. The van der Waals surface area contributed by atoms with Crippen LogP contribution < -0.4 is 0 Å². The summed E-state index contributed by atoms with van der Waals surface area (Å²) in [5.41, 5.74) is 0. The van der Waals surface area contributed by atoms with Crippen molar-refractivity contribution in [1.29, 1.82) is 0 Å². The summed E-state index contributed by atoms with van der Waals surface area (Å²) in [6, 6.07) is 0. The second kappa shape index (κ2) is 36.9. The van der Waals surface area contributed by atoms with E-state index in [0.717, 1.165) is 6.42 Å². The van der Waals surface area contributed by atoms with Crippen LogP contribution in [0.15, 0.2) is 0 Å². The van der Waals surface area contributed by atoms with Crippen LogP contribution in [0.2, 0.25) is 0 Å². The van der Waals surface area contributed by atoms with Crippen molar-refractivity contribution in [2.24, 2.45) is 0 Å². The molecule has 0 spiro atoms. The summed E-state index contributed by atoms with van der Waals surface area (Å²) < 4.78 is 0. The van der Waals surface area contributed by atoms with E-state index in [2.05, 4.69) is 0 Å². The van der Waals surface area contributed by atoms with Crippen LogP contribution in [0.25, 0.3) is 0 Å². The van der Waals surface area contributed by atoms with Gasteiger partial charge in [-0.1, -0.05) is 6.92 Å². The molecule has 0 aromatic heterocycles. The van der Waals surface area contributed by atoms with Crippen molar-refractivity contribution in [1.82, 2.24) is 0 Å². The Bertz CT molecular complexity index is 28.5. The fourth-order valence-electron chi connectivity index (χ4n) is 0. The average molecular weight is 1180 g/mol. The molecule has 1 unspecified atom stereocenters. The second-order valence-electron chi connectivity index (χ2n) is 1.26. The molecule has 0 aliphatic rings. The Morgan fingerprint density at radius 3 is 1.00 bits per heavy atom. The van der Waals surface area contributed by atoms with E-state index in [1.807, 2.05) is 6.92 Å². The molecule has 0 saturated carbocycles. The summed E-state index contributed by atoms with van der Waals surface area (Å²) in [5, 5.41) is 8.36. The molecule has 0 rings (SSSR count). The van der Waals surface area contributed by atoms with E-state index >= 15 is 0 Å². The Morgan fingerprint density at radius 2 is 1.00 bits per heavy atom. The van der Waals surface area contributed by atoms with E-state index in [4.69, 9.17) is 5.11 Å². The van der Waals surface area contributed by atoms with Gasteiger partial charge in [-0.3, -0.25) is 0 Å². The Balaban J connectivity index is -0.00000000533. The molecule has 0 aliphatic heterocycles. The third-order valence-corrected chi connectivity index (χ3v) is 0.591. The maximum Gasteiger partial charge on any atom is 0.0509 e. The van der Waals surface area contributed by atoms with E-state index in [9.17, 15) is 0 Å². The molecule has 0 amide bonds. The zero-order valence-corrected chi connectivity index (χ0v) is 23.8. The molecule has 1 atom stereocenters. The van der Waals surface area contributed by atoms with Gasteiger partial charge >= 0.3 is 0 Å². The summed E-state index contributed by atoms with van der Waals surface area (Å²) >= 11 is 0. The van der Waals surface area contributed by atoms with Crippen LogP contribution >= 0.6 is 0 Å². The van der Waals surface area contributed by atoms with Gasteiger partial charge in [0.1, 0.15) is 0 Å². The summed E-state index contributed by atoms with van der Waals surface area (Å²) in [4.78, 5) is 0. The Hall–Kier alpha value is 4.09. The van der Waals surface area contributed by atoms with Gasteiger partial charge in [0.15, 0.2) is 0 Å². The van der Waals surface area contributed by atoms with Crippen molar-refractivity contribution in [2.45, 2.75) is 26.4 Å². The molecule has 0 fully saturated rings. The number of rotatable bonds is 1. The molecule has 0 aliphatic carbocycles. The molecule has 1 nitrogen and oxygen atoms in total. The minimum absolute atomic E-state index is 0. The maximum atomic E-state index is 8.36. The summed E-state index contributed by atoms with van der Waals surface area (Å²) in [7, 11) is 0. The van der Waals surface area contributed by atoms with Gasteiger partial charge in [-0.05, 0) is 13.3 Å². The minimum atomic E-state index is -0.116. The zero-order valence-electron chi connectivity index (χ0n) is 6.18. The fourth-order valence-corrected chi connectivity index (χ4v) is 0. The number of hydrogen-bond donors (Lipinski definition) is 1. The van der Waals surface area contributed by atoms with Crippen LogP contribution in [0.4, 0.5) is 0 Å². The van der Waals surface area contributed by atoms with Crippen LogP contribution in [-0.2, 0) is 126 Å². The Kier molecular flexibility index (Phi) is 154. The van der Waals surface area contributed by atoms with Crippen molar-refractivity contribution < 1.29 is 131 Å². The molecule has 0 heterocycles. The first-order valence-corrected chi connectivity index (χ1v) is 1.95. The maximum absolute atomic E-state index is 8.36. The van der Waals surface area contributed by atoms with Gasteiger partial charge in [0.2, 0.25) is 0 Å². The van der Waals surface area contributed by atoms with E-state index in [1.165, 1.54) is 0 Å². The molecule has 0 radical (unpaired) electrons. The van der Waals surface area contributed by atoms with Crippen LogP contribution in [-0.4, -0.2) is 11.2 Å². The molecule has 7 heteroatoms. The van der Waals surface area contributed by atoms with Gasteiger partial charge in [0.25, 0.3) is 0 Å². The molecular weight excluding hydrogens is 1170 g/mol. The quantitative estimate of drug-likeness (QED) is 0.412. The smallest absolute Gasteiger partial charge is 0.0509 e. The molecule has 0 saturated heterocycles. The second-order valence-corrected chi connectivity index (χ2v) is 1.26. The SMILES string of the molecule is CCC(C)O.[W].[W].[W].[W].[W].[W]. The van der Waals surface area contributed by atoms with Crippen molar-refractivity contribution in [3.05, 3.63) is 0 Å². The predicted octanol–water partition coefficient (Wildman–Crippen LogP) is 0.762. The van der Waals surface area contributed by atoms with E-state index in [1.54, 1.807) is 6.92 Å². The van der Waals surface area contributed by atoms with Crippen molar-refractivity contribution >= 4 is 0 Å². The standard InChI is InChI=1S/C4H10O.6W/c1-3-4(2)5;;;;;;/h4-5H,3H2,1-2H3;;;;;;. The van der Waals surface area contributed by atoms with Gasteiger partial charge < -0.3 is 5.11 Å². The van der Waals surface area contributed by atoms with Crippen molar-refractivity contribution in [3.63, 3.8) is 0 Å². The third-order valence-electron chi connectivity index (χ3n) is 0.591. The van der Waals surface area contributed by atoms with Gasteiger partial charge in [-0.2, -0.15) is 0 Å². The van der Waals surface area contributed by atoms with Crippen LogP contribution in [0.5, 0.6) is 0 Å². The van der Waals surface area contributed by atoms with Crippen LogP contribution in [0, 0.1) is 0 Å². The first-order chi connectivity index (χ1) is 2.27. The monoisotopic (exact) mass is 1180 g/mol. The van der Waals surface area contributed by atoms with Gasteiger partial charge in [-0.15, -0.1) is 0 Å². The first kappa shape index (κ1) is 45.8. The third kappa shape index (κ3) is 55.5. The number of aliphatic hydroxyl groups excluding tert-OH is 1. The fraction of sp³-hybridized carbons (Fsp3) is 1.00. The normalized spacial score (nSPS) is 6.82. The van der Waals surface area contributed by atoms with Crippen LogP contribution in [0.3, 0.4) is 0 Å². The van der Waals surface area contributed by atoms with E-state index in [0.29, 0.717) is 0 Å². The largest absolute Gasteiger partial charge is 0.393 e. The topological polar surface area (TPSA) is 20.2 Å². The van der Waals surface area contributed by atoms with Crippen LogP contribution in [0.1, 0.15) is 20.3 Å². The molecule has 0 aromatic carbocycles. The molecule has 11 heavy (non-hydrogen) atoms.